The van der Waals surface area contributed by atoms with Crippen LogP contribution in [0.4, 0.5) is 0 Å². The van der Waals surface area contributed by atoms with E-state index in [1.807, 2.05) is 19.1 Å². The topological polar surface area (TPSA) is 30.5 Å². The molecule has 0 amide bonds. The maximum Gasteiger partial charge on any atom is 0.166 e. The van der Waals surface area contributed by atoms with Crippen LogP contribution in [0.2, 0.25) is 0 Å². The van der Waals surface area contributed by atoms with Crippen LogP contribution in [0.3, 0.4) is 0 Å². The number of hydrogen-bond donors (Lipinski definition) is 1. The molecule has 0 spiro atoms. The van der Waals surface area contributed by atoms with Gasteiger partial charge in [-0.05, 0) is 25.5 Å². The van der Waals surface area contributed by atoms with Gasteiger partial charge >= 0.3 is 0 Å². The average molecular weight is 263 g/mol. The van der Waals surface area contributed by atoms with Gasteiger partial charge in [0, 0.05) is 12.1 Å². The van der Waals surface area contributed by atoms with Crippen LogP contribution >= 0.6 is 0 Å². The minimum atomic E-state index is -0.0415. The molecule has 0 aliphatic carbocycles. The molecule has 1 atom stereocenters. The second-order valence-corrected chi connectivity index (χ2v) is 5.03. The molecule has 1 rings (SSSR count). The van der Waals surface area contributed by atoms with Crippen molar-refractivity contribution in [3.05, 3.63) is 36.4 Å². The van der Waals surface area contributed by atoms with Crippen LogP contribution in [-0.2, 0) is 6.54 Å². The normalized spacial score (nSPS) is 12.3. The highest BCUT2D eigenvalue weighted by Crippen LogP contribution is 2.32. The highest BCUT2D eigenvalue weighted by atomic mass is 16.5. The summed E-state index contributed by atoms with van der Waals surface area (Å²) in [5.74, 6) is 2.19. The van der Waals surface area contributed by atoms with E-state index in [0.29, 0.717) is 5.92 Å². The van der Waals surface area contributed by atoms with Crippen molar-refractivity contribution in [3.63, 3.8) is 0 Å². The van der Waals surface area contributed by atoms with E-state index in [-0.39, 0.29) is 6.10 Å². The zero-order valence-corrected chi connectivity index (χ0v) is 12.4. The standard InChI is InChI=1S/C16H25NO2/c1-6-13(4)19-16-14(11-17-10-12(2)3)8-7-9-15(16)18-5/h6-9,12-13,17H,1,10-11H2,2-5H3. The summed E-state index contributed by atoms with van der Waals surface area (Å²) in [4.78, 5) is 0. The fourth-order valence-corrected chi connectivity index (χ4v) is 1.72. The molecule has 0 heterocycles. The molecule has 19 heavy (non-hydrogen) atoms. The number of hydrogen-bond acceptors (Lipinski definition) is 3. The summed E-state index contributed by atoms with van der Waals surface area (Å²) in [6.07, 6.45) is 1.73. The van der Waals surface area contributed by atoms with Gasteiger partial charge in [-0.15, -0.1) is 0 Å². The Morgan fingerprint density at radius 3 is 2.63 bits per heavy atom. The third kappa shape index (κ3) is 4.95. The third-order valence-corrected chi connectivity index (χ3v) is 2.78. The Morgan fingerprint density at radius 1 is 1.32 bits per heavy atom. The smallest absolute Gasteiger partial charge is 0.166 e. The van der Waals surface area contributed by atoms with Crippen LogP contribution < -0.4 is 14.8 Å². The first-order valence-corrected chi connectivity index (χ1v) is 6.74. The molecule has 0 aliphatic rings. The van der Waals surface area contributed by atoms with Gasteiger partial charge in [-0.2, -0.15) is 0 Å². The molecule has 1 aromatic rings. The van der Waals surface area contributed by atoms with Crippen molar-refractivity contribution in [3.8, 4) is 11.5 Å². The van der Waals surface area contributed by atoms with Gasteiger partial charge in [-0.1, -0.05) is 38.6 Å². The van der Waals surface area contributed by atoms with E-state index >= 15 is 0 Å². The molecule has 1 unspecified atom stereocenters. The van der Waals surface area contributed by atoms with Gasteiger partial charge in [-0.3, -0.25) is 0 Å². The van der Waals surface area contributed by atoms with Gasteiger partial charge in [0.25, 0.3) is 0 Å². The quantitative estimate of drug-likeness (QED) is 0.729. The molecule has 1 aromatic carbocycles. The van der Waals surface area contributed by atoms with E-state index in [9.17, 15) is 0 Å². The summed E-state index contributed by atoms with van der Waals surface area (Å²) in [6.45, 7) is 11.8. The van der Waals surface area contributed by atoms with Crippen molar-refractivity contribution < 1.29 is 9.47 Å². The molecule has 1 N–H and O–H groups in total. The van der Waals surface area contributed by atoms with Crippen LogP contribution in [0, 0.1) is 5.92 Å². The zero-order valence-electron chi connectivity index (χ0n) is 12.4. The van der Waals surface area contributed by atoms with Gasteiger partial charge < -0.3 is 14.8 Å². The molecule has 106 valence electrons. The highest BCUT2D eigenvalue weighted by molar-refractivity contribution is 5.46. The summed E-state index contributed by atoms with van der Waals surface area (Å²) in [6, 6.07) is 5.95. The Hall–Kier alpha value is -1.48. The fourth-order valence-electron chi connectivity index (χ4n) is 1.72. The molecular weight excluding hydrogens is 238 g/mol. The SMILES string of the molecule is C=CC(C)Oc1c(CNCC(C)C)cccc1OC. The Kier molecular flexibility index (Phi) is 6.43. The Morgan fingerprint density at radius 2 is 2.05 bits per heavy atom. The van der Waals surface area contributed by atoms with Crippen molar-refractivity contribution in [1.82, 2.24) is 5.32 Å². The summed E-state index contributed by atoms with van der Waals surface area (Å²) < 4.78 is 11.3. The van der Waals surface area contributed by atoms with Gasteiger partial charge in [0.1, 0.15) is 6.10 Å². The van der Waals surface area contributed by atoms with E-state index < -0.39 is 0 Å². The monoisotopic (exact) mass is 263 g/mol. The lowest BCUT2D eigenvalue weighted by Gasteiger charge is -2.18. The number of para-hydroxylation sites is 1. The molecule has 0 aliphatic heterocycles. The lowest BCUT2D eigenvalue weighted by atomic mass is 10.1. The number of methoxy groups -OCH3 is 1. The fraction of sp³-hybridized carbons (Fsp3) is 0.500. The molecule has 0 bridgehead atoms. The predicted octanol–water partition coefficient (Wildman–Crippen LogP) is 3.39. The number of ether oxygens (including phenoxy) is 2. The second-order valence-electron chi connectivity index (χ2n) is 5.03. The molecule has 3 nitrogen and oxygen atoms in total. The first kappa shape index (κ1) is 15.6. The van der Waals surface area contributed by atoms with Crippen LogP contribution in [0.15, 0.2) is 30.9 Å². The second kappa shape index (κ2) is 7.85. The predicted molar refractivity (Wildman–Crippen MR) is 79.8 cm³/mol. The molecular formula is C16H25NO2. The number of nitrogens with one attached hydrogen (secondary N) is 1. The van der Waals surface area contributed by atoms with Gasteiger partial charge in [0.2, 0.25) is 0 Å². The van der Waals surface area contributed by atoms with Crippen LogP contribution in [-0.4, -0.2) is 19.8 Å². The zero-order chi connectivity index (χ0) is 14.3. The van der Waals surface area contributed by atoms with Gasteiger partial charge in [0.15, 0.2) is 11.5 Å². The minimum absolute atomic E-state index is 0.0415. The van der Waals surface area contributed by atoms with Gasteiger partial charge in [-0.25, -0.2) is 0 Å². The van der Waals surface area contributed by atoms with E-state index in [1.54, 1.807) is 13.2 Å². The van der Waals surface area contributed by atoms with E-state index in [2.05, 4.69) is 31.8 Å². The summed E-state index contributed by atoms with van der Waals surface area (Å²) in [5.41, 5.74) is 1.11. The Balaban J connectivity index is 2.85. The third-order valence-electron chi connectivity index (χ3n) is 2.78. The van der Waals surface area contributed by atoms with E-state index in [4.69, 9.17) is 9.47 Å². The van der Waals surface area contributed by atoms with Crippen LogP contribution in [0.25, 0.3) is 0 Å². The minimum Gasteiger partial charge on any atom is -0.493 e. The van der Waals surface area contributed by atoms with Crippen molar-refractivity contribution in [1.29, 1.82) is 0 Å². The first-order valence-electron chi connectivity index (χ1n) is 6.74. The summed E-state index contributed by atoms with van der Waals surface area (Å²) >= 11 is 0. The van der Waals surface area contributed by atoms with Gasteiger partial charge in [0.05, 0.1) is 7.11 Å². The van der Waals surface area contributed by atoms with E-state index in [0.717, 1.165) is 30.2 Å². The average Bonchev–Trinajstić information content (AvgIpc) is 2.39. The lowest BCUT2D eigenvalue weighted by molar-refractivity contribution is 0.251. The molecule has 0 aromatic heterocycles. The maximum atomic E-state index is 5.89. The largest absolute Gasteiger partial charge is 0.493 e. The Labute approximate surface area is 116 Å². The maximum absolute atomic E-state index is 5.89. The molecule has 3 heteroatoms. The van der Waals surface area contributed by atoms with E-state index in [1.165, 1.54) is 0 Å². The molecule has 0 saturated heterocycles. The molecule has 0 saturated carbocycles. The summed E-state index contributed by atoms with van der Waals surface area (Å²) in [7, 11) is 1.66. The molecule has 0 fully saturated rings. The molecule has 0 radical (unpaired) electrons. The highest BCUT2D eigenvalue weighted by Gasteiger charge is 2.12. The van der Waals surface area contributed by atoms with Crippen molar-refractivity contribution in [2.24, 2.45) is 5.92 Å². The lowest BCUT2D eigenvalue weighted by Crippen LogP contribution is -2.20. The Bertz CT molecular complexity index is 402. The number of benzene rings is 1. The van der Waals surface area contributed by atoms with Crippen molar-refractivity contribution in [2.75, 3.05) is 13.7 Å². The van der Waals surface area contributed by atoms with Crippen molar-refractivity contribution >= 4 is 0 Å². The number of rotatable bonds is 8. The first-order chi connectivity index (χ1) is 9.08. The van der Waals surface area contributed by atoms with Crippen LogP contribution in [0.1, 0.15) is 26.3 Å². The summed E-state index contributed by atoms with van der Waals surface area (Å²) in [5, 5.41) is 3.42. The van der Waals surface area contributed by atoms with Crippen molar-refractivity contribution in [2.45, 2.75) is 33.4 Å². The van der Waals surface area contributed by atoms with Crippen LogP contribution in [0.5, 0.6) is 11.5 Å².